The van der Waals surface area contributed by atoms with Crippen LogP contribution in [0.25, 0.3) is 0 Å². The highest BCUT2D eigenvalue weighted by Gasteiger charge is 2.36. The Morgan fingerprint density at radius 3 is 2.57 bits per heavy atom. The summed E-state index contributed by atoms with van der Waals surface area (Å²) in [7, 11) is 1.64. The Bertz CT molecular complexity index is 939. The van der Waals surface area contributed by atoms with Gasteiger partial charge in [0.1, 0.15) is 12.4 Å². The van der Waals surface area contributed by atoms with E-state index >= 15 is 0 Å². The van der Waals surface area contributed by atoms with Crippen molar-refractivity contribution in [2.24, 2.45) is 5.41 Å². The molecule has 0 saturated carbocycles. The third-order valence-electron chi connectivity index (χ3n) is 4.50. The summed E-state index contributed by atoms with van der Waals surface area (Å²) in [5.41, 5.74) is -0.823. The first kappa shape index (κ1) is 19.7. The fourth-order valence-corrected chi connectivity index (χ4v) is 2.91. The number of halogens is 3. The number of ether oxygens (including phenoxy) is 1. The monoisotopic (exact) mass is 392 g/mol. The fourth-order valence-electron chi connectivity index (χ4n) is 2.91. The second kappa shape index (κ2) is 6.85. The summed E-state index contributed by atoms with van der Waals surface area (Å²) in [5.74, 6) is -0.375. The van der Waals surface area contributed by atoms with E-state index in [2.05, 4.69) is 5.32 Å². The summed E-state index contributed by atoms with van der Waals surface area (Å²) in [4.78, 5) is 26.3. The van der Waals surface area contributed by atoms with E-state index in [9.17, 15) is 22.8 Å². The van der Waals surface area contributed by atoms with Crippen molar-refractivity contribution >= 4 is 23.2 Å². The molecular weight excluding hydrogens is 373 g/mol. The molecule has 1 aliphatic heterocycles. The van der Waals surface area contributed by atoms with Gasteiger partial charge in [0.25, 0.3) is 5.91 Å². The quantitative estimate of drug-likeness (QED) is 0.827. The van der Waals surface area contributed by atoms with E-state index < -0.39 is 23.1 Å². The molecule has 0 bridgehead atoms. The van der Waals surface area contributed by atoms with Crippen LogP contribution in [0.4, 0.5) is 24.5 Å². The average Bonchev–Trinajstić information content (AvgIpc) is 2.72. The molecule has 2 aromatic carbocycles. The van der Waals surface area contributed by atoms with Crippen molar-refractivity contribution in [2.45, 2.75) is 20.0 Å². The zero-order valence-electron chi connectivity index (χ0n) is 15.6. The average molecular weight is 392 g/mol. The highest BCUT2D eigenvalue weighted by molar-refractivity contribution is 6.05. The van der Waals surface area contributed by atoms with Crippen molar-refractivity contribution in [3.63, 3.8) is 0 Å². The first-order chi connectivity index (χ1) is 13.0. The normalized spacial score (nSPS) is 16.1. The summed E-state index contributed by atoms with van der Waals surface area (Å²) in [6.45, 7) is 3.70. The van der Waals surface area contributed by atoms with Crippen LogP contribution in [0.1, 0.15) is 29.8 Å². The molecule has 8 heteroatoms. The van der Waals surface area contributed by atoms with Crippen molar-refractivity contribution in [1.82, 2.24) is 0 Å². The van der Waals surface area contributed by atoms with Gasteiger partial charge in [-0.25, -0.2) is 0 Å². The molecule has 0 unspecified atom stereocenters. The van der Waals surface area contributed by atoms with Crippen molar-refractivity contribution in [3.8, 4) is 5.75 Å². The van der Waals surface area contributed by atoms with Crippen LogP contribution in [0, 0.1) is 5.41 Å². The number of carbonyl (C=O) groups excluding carboxylic acids is 2. The van der Waals surface area contributed by atoms with E-state index in [0.29, 0.717) is 17.1 Å². The largest absolute Gasteiger partial charge is 0.490 e. The van der Waals surface area contributed by atoms with Crippen LogP contribution in [0.5, 0.6) is 5.75 Å². The maximum absolute atomic E-state index is 12.8. The third-order valence-corrected chi connectivity index (χ3v) is 4.50. The number of nitrogens with zero attached hydrogens (tertiary/aromatic N) is 1. The number of carbonyl (C=O) groups is 2. The lowest BCUT2D eigenvalue weighted by Gasteiger charge is -2.24. The Morgan fingerprint density at radius 1 is 1.18 bits per heavy atom. The molecule has 0 saturated heterocycles. The van der Waals surface area contributed by atoms with Gasteiger partial charge >= 0.3 is 6.18 Å². The van der Waals surface area contributed by atoms with Crippen molar-refractivity contribution in [3.05, 3.63) is 53.6 Å². The molecule has 0 spiro atoms. The molecule has 1 heterocycles. The van der Waals surface area contributed by atoms with Gasteiger partial charge < -0.3 is 15.0 Å². The van der Waals surface area contributed by atoms with Crippen molar-refractivity contribution < 1.29 is 27.5 Å². The van der Waals surface area contributed by atoms with Gasteiger partial charge in [0.2, 0.25) is 5.91 Å². The van der Waals surface area contributed by atoms with Crippen LogP contribution < -0.4 is 15.0 Å². The van der Waals surface area contributed by atoms with E-state index in [1.165, 1.54) is 17.0 Å². The fraction of sp³-hybridized carbons (Fsp3) is 0.300. The van der Waals surface area contributed by atoms with Gasteiger partial charge in [0.15, 0.2) is 0 Å². The van der Waals surface area contributed by atoms with Gasteiger partial charge in [-0.3, -0.25) is 9.59 Å². The molecule has 5 nitrogen and oxygen atoms in total. The minimum atomic E-state index is -4.53. The molecule has 28 heavy (non-hydrogen) atoms. The van der Waals surface area contributed by atoms with E-state index in [1.807, 2.05) is 0 Å². The second-order valence-corrected chi connectivity index (χ2v) is 7.25. The van der Waals surface area contributed by atoms with Crippen LogP contribution in [-0.2, 0) is 11.0 Å². The molecular formula is C20H19F3N2O3. The molecule has 0 radical (unpaired) electrons. The first-order valence-electron chi connectivity index (χ1n) is 8.53. The van der Waals surface area contributed by atoms with E-state index in [4.69, 9.17) is 4.74 Å². The molecule has 148 valence electrons. The zero-order chi connectivity index (χ0) is 20.7. The summed E-state index contributed by atoms with van der Waals surface area (Å²) in [6.07, 6.45) is -4.53. The smallest absolute Gasteiger partial charge is 0.416 e. The molecule has 1 aliphatic rings. The Kier molecular flexibility index (Phi) is 4.82. The third kappa shape index (κ3) is 3.81. The van der Waals surface area contributed by atoms with E-state index in [0.717, 1.165) is 12.1 Å². The van der Waals surface area contributed by atoms with Crippen LogP contribution >= 0.6 is 0 Å². The van der Waals surface area contributed by atoms with Crippen molar-refractivity contribution in [1.29, 1.82) is 0 Å². The van der Waals surface area contributed by atoms with Crippen LogP contribution in [0.3, 0.4) is 0 Å². The minimum Gasteiger partial charge on any atom is -0.490 e. The number of benzene rings is 2. The van der Waals surface area contributed by atoms with Crippen molar-refractivity contribution in [2.75, 3.05) is 23.9 Å². The summed E-state index contributed by atoms with van der Waals surface area (Å²) >= 11 is 0. The maximum Gasteiger partial charge on any atom is 0.416 e. The SMILES string of the molecule is CN1C(=O)C(C)(C)COc2cc(NC(=O)c3cccc(C(F)(F)F)c3)ccc21. The predicted molar refractivity (Wildman–Crippen MR) is 98.5 cm³/mol. The molecule has 0 aromatic heterocycles. The molecule has 1 N–H and O–H groups in total. The number of hydrogen-bond acceptors (Lipinski definition) is 3. The lowest BCUT2D eigenvalue weighted by atomic mass is 9.93. The summed E-state index contributed by atoms with van der Waals surface area (Å²) in [5, 5.41) is 2.56. The molecule has 0 atom stereocenters. The Hall–Kier alpha value is -3.03. The zero-order valence-corrected chi connectivity index (χ0v) is 15.6. The number of fused-ring (bicyclic) bond motifs is 1. The van der Waals surface area contributed by atoms with Crippen LogP contribution in [0.2, 0.25) is 0 Å². The van der Waals surface area contributed by atoms with Gasteiger partial charge in [-0.1, -0.05) is 6.07 Å². The van der Waals surface area contributed by atoms with Gasteiger partial charge in [0, 0.05) is 24.4 Å². The summed E-state index contributed by atoms with van der Waals surface area (Å²) in [6, 6.07) is 8.92. The molecule has 3 rings (SSSR count). The highest BCUT2D eigenvalue weighted by atomic mass is 19.4. The predicted octanol–water partition coefficient (Wildman–Crippen LogP) is 4.34. The van der Waals surface area contributed by atoms with Gasteiger partial charge in [-0.05, 0) is 44.2 Å². The van der Waals surface area contributed by atoms with Gasteiger partial charge in [-0.2, -0.15) is 13.2 Å². The van der Waals surface area contributed by atoms with E-state index in [-0.39, 0.29) is 18.1 Å². The Morgan fingerprint density at radius 2 is 1.89 bits per heavy atom. The maximum atomic E-state index is 12.8. The van der Waals surface area contributed by atoms with Gasteiger partial charge in [0.05, 0.1) is 16.7 Å². The Labute approximate surface area is 160 Å². The second-order valence-electron chi connectivity index (χ2n) is 7.25. The number of hydrogen-bond donors (Lipinski definition) is 1. The highest BCUT2D eigenvalue weighted by Crippen LogP contribution is 2.37. The minimum absolute atomic E-state index is 0.105. The number of amides is 2. The lowest BCUT2D eigenvalue weighted by Crippen LogP contribution is -2.39. The lowest BCUT2D eigenvalue weighted by molar-refractivity contribution is -0.137. The topological polar surface area (TPSA) is 58.6 Å². The number of alkyl halides is 3. The first-order valence-corrected chi connectivity index (χ1v) is 8.53. The molecule has 2 aromatic rings. The molecule has 2 amide bonds. The van der Waals surface area contributed by atoms with E-state index in [1.54, 1.807) is 39.1 Å². The number of rotatable bonds is 2. The van der Waals surface area contributed by atoms with Gasteiger partial charge in [-0.15, -0.1) is 0 Å². The number of anilines is 2. The summed E-state index contributed by atoms with van der Waals surface area (Å²) < 4.78 is 44.2. The Balaban J connectivity index is 1.85. The van der Waals surface area contributed by atoms with Crippen LogP contribution in [-0.4, -0.2) is 25.5 Å². The standard InChI is InChI=1S/C20H19F3N2O3/c1-19(2)11-28-16-10-14(7-8-15(16)25(3)18(19)27)24-17(26)12-5-4-6-13(9-12)20(21,22)23/h4-10H,11H2,1-3H3,(H,24,26). The molecule has 0 fully saturated rings. The van der Waals surface area contributed by atoms with Crippen LogP contribution in [0.15, 0.2) is 42.5 Å². The molecule has 0 aliphatic carbocycles. The number of nitrogens with one attached hydrogen (secondary N) is 1.